The topological polar surface area (TPSA) is 82.0 Å². The first kappa shape index (κ1) is 14.7. The number of carbonyl (C=O) groups excluding carboxylic acids is 2. The SMILES string of the molecule is CC(C)c1ccc(CNC(=O)C(=O)NCC#N)cc1. The molecule has 1 aromatic carbocycles. The minimum atomic E-state index is -0.791. The average molecular weight is 259 g/mol. The molecule has 0 spiro atoms. The van der Waals surface area contributed by atoms with Gasteiger partial charge in [0.25, 0.3) is 0 Å². The summed E-state index contributed by atoms with van der Waals surface area (Å²) in [5, 5.41) is 13.0. The molecule has 0 unspecified atom stereocenters. The fraction of sp³-hybridized carbons (Fsp3) is 0.357. The summed E-state index contributed by atoms with van der Waals surface area (Å²) in [5.41, 5.74) is 2.15. The zero-order chi connectivity index (χ0) is 14.3. The Bertz CT molecular complexity index is 486. The molecule has 0 radical (unpaired) electrons. The van der Waals surface area contributed by atoms with Crippen molar-refractivity contribution in [2.45, 2.75) is 26.3 Å². The Labute approximate surface area is 112 Å². The van der Waals surface area contributed by atoms with E-state index >= 15 is 0 Å². The maximum absolute atomic E-state index is 11.4. The lowest BCUT2D eigenvalue weighted by Crippen LogP contribution is -2.39. The first-order chi connectivity index (χ1) is 9.04. The van der Waals surface area contributed by atoms with Gasteiger partial charge in [-0.3, -0.25) is 9.59 Å². The van der Waals surface area contributed by atoms with Crippen LogP contribution in [0.4, 0.5) is 0 Å². The van der Waals surface area contributed by atoms with Crippen LogP contribution >= 0.6 is 0 Å². The normalized spacial score (nSPS) is 9.79. The van der Waals surface area contributed by atoms with E-state index in [-0.39, 0.29) is 13.1 Å². The number of benzene rings is 1. The van der Waals surface area contributed by atoms with E-state index in [1.165, 1.54) is 5.56 Å². The molecule has 2 amide bonds. The monoisotopic (exact) mass is 259 g/mol. The van der Waals surface area contributed by atoms with Crippen LogP contribution in [0.2, 0.25) is 0 Å². The molecule has 100 valence electrons. The van der Waals surface area contributed by atoms with Crippen molar-refractivity contribution in [1.29, 1.82) is 5.26 Å². The molecular weight excluding hydrogens is 242 g/mol. The van der Waals surface area contributed by atoms with Crippen LogP contribution in [0.1, 0.15) is 30.9 Å². The third kappa shape index (κ3) is 4.80. The molecule has 2 N–H and O–H groups in total. The summed E-state index contributed by atoms with van der Waals surface area (Å²) < 4.78 is 0. The van der Waals surface area contributed by atoms with E-state index in [0.717, 1.165) is 5.56 Å². The van der Waals surface area contributed by atoms with Gasteiger partial charge in [-0.15, -0.1) is 0 Å². The first-order valence-corrected chi connectivity index (χ1v) is 6.06. The highest BCUT2D eigenvalue weighted by Crippen LogP contribution is 2.14. The highest BCUT2D eigenvalue weighted by Gasteiger charge is 2.11. The summed E-state index contributed by atoms with van der Waals surface area (Å²) >= 11 is 0. The number of nitrogens with zero attached hydrogens (tertiary/aromatic N) is 1. The predicted molar refractivity (Wildman–Crippen MR) is 71.0 cm³/mol. The molecule has 0 aliphatic heterocycles. The van der Waals surface area contributed by atoms with E-state index in [0.29, 0.717) is 5.92 Å². The number of hydrogen-bond donors (Lipinski definition) is 2. The lowest BCUT2D eigenvalue weighted by atomic mass is 10.0. The summed E-state index contributed by atoms with van der Waals surface area (Å²) in [6, 6.07) is 9.57. The van der Waals surface area contributed by atoms with E-state index in [1.54, 1.807) is 6.07 Å². The highest BCUT2D eigenvalue weighted by atomic mass is 16.2. The fourth-order valence-electron chi connectivity index (χ4n) is 1.48. The van der Waals surface area contributed by atoms with Crippen LogP contribution in [-0.4, -0.2) is 18.4 Å². The molecule has 19 heavy (non-hydrogen) atoms. The summed E-state index contributed by atoms with van der Waals surface area (Å²) in [6.45, 7) is 4.33. The van der Waals surface area contributed by atoms with E-state index in [4.69, 9.17) is 5.26 Å². The number of nitrogens with one attached hydrogen (secondary N) is 2. The summed E-state index contributed by atoms with van der Waals surface area (Å²) in [6.07, 6.45) is 0. The molecule has 0 aliphatic rings. The van der Waals surface area contributed by atoms with E-state index in [2.05, 4.69) is 24.5 Å². The third-order valence-corrected chi connectivity index (χ3v) is 2.63. The molecule has 0 heterocycles. The van der Waals surface area contributed by atoms with Gasteiger partial charge in [0.05, 0.1) is 6.07 Å². The van der Waals surface area contributed by atoms with E-state index < -0.39 is 11.8 Å². The largest absolute Gasteiger partial charge is 0.344 e. The molecule has 0 bridgehead atoms. The Morgan fingerprint density at radius 2 is 1.74 bits per heavy atom. The Morgan fingerprint density at radius 3 is 2.26 bits per heavy atom. The van der Waals surface area contributed by atoms with Crippen molar-refractivity contribution < 1.29 is 9.59 Å². The van der Waals surface area contributed by atoms with Gasteiger partial charge in [0.1, 0.15) is 6.54 Å². The van der Waals surface area contributed by atoms with Crippen LogP contribution < -0.4 is 10.6 Å². The molecule has 0 saturated heterocycles. The minimum absolute atomic E-state index is 0.171. The number of carbonyl (C=O) groups is 2. The van der Waals surface area contributed by atoms with Crippen molar-refractivity contribution in [2.24, 2.45) is 0 Å². The van der Waals surface area contributed by atoms with Crippen molar-refractivity contribution in [3.8, 4) is 6.07 Å². The van der Waals surface area contributed by atoms with Gasteiger partial charge in [0.15, 0.2) is 0 Å². The Kier molecular flexibility index (Phi) is 5.55. The molecule has 0 atom stereocenters. The van der Waals surface area contributed by atoms with E-state index in [1.807, 2.05) is 24.3 Å². The summed E-state index contributed by atoms with van der Waals surface area (Å²) in [7, 11) is 0. The second-order valence-corrected chi connectivity index (χ2v) is 4.42. The van der Waals surface area contributed by atoms with Crippen LogP contribution in [-0.2, 0) is 16.1 Å². The van der Waals surface area contributed by atoms with Crippen LogP contribution in [0.15, 0.2) is 24.3 Å². The van der Waals surface area contributed by atoms with Crippen molar-refractivity contribution in [3.63, 3.8) is 0 Å². The van der Waals surface area contributed by atoms with Crippen molar-refractivity contribution in [2.75, 3.05) is 6.54 Å². The van der Waals surface area contributed by atoms with Gasteiger partial charge >= 0.3 is 11.8 Å². The molecule has 0 aromatic heterocycles. The number of rotatable bonds is 4. The molecule has 0 saturated carbocycles. The van der Waals surface area contributed by atoms with Gasteiger partial charge in [-0.2, -0.15) is 5.26 Å². The number of amides is 2. The van der Waals surface area contributed by atoms with Gasteiger partial charge in [-0.05, 0) is 17.0 Å². The van der Waals surface area contributed by atoms with Crippen LogP contribution in [0, 0.1) is 11.3 Å². The van der Waals surface area contributed by atoms with Crippen molar-refractivity contribution >= 4 is 11.8 Å². The summed E-state index contributed by atoms with van der Waals surface area (Å²) in [4.78, 5) is 22.6. The molecule has 5 heteroatoms. The molecule has 5 nitrogen and oxygen atoms in total. The quantitative estimate of drug-likeness (QED) is 0.626. The maximum Gasteiger partial charge on any atom is 0.310 e. The number of nitriles is 1. The maximum atomic E-state index is 11.4. The van der Waals surface area contributed by atoms with Crippen molar-refractivity contribution in [1.82, 2.24) is 10.6 Å². The number of hydrogen-bond acceptors (Lipinski definition) is 3. The molecule has 0 aliphatic carbocycles. The van der Waals surface area contributed by atoms with E-state index in [9.17, 15) is 9.59 Å². The third-order valence-electron chi connectivity index (χ3n) is 2.63. The first-order valence-electron chi connectivity index (χ1n) is 6.06. The fourth-order valence-corrected chi connectivity index (χ4v) is 1.48. The van der Waals surface area contributed by atoms with Gasteiger partial charge in [0.2, 0.25) is 0 Å². The van der Waals surface area contributed by atoms with Crippen LogP contribution in [0.3, 0.4) is 0 Å². The second-order valence-electron chi connectivity index (χ2n) is 4.42. The van der Waals surface area contributed by atoms with Gasteiger partial charge in [0, 0.05) is 6.54 Å². The predicted octanol–water partition coefficient (Wildman–Crippen LogP) is 1.07. The van der Waals surface area contributed by atoms with Gasteiger partial charge in [-0.25, -0.2) is 0 Å². The standard InChI is InChI=1S/C14H17N3O2/c1-10(2)12-5-3-11(4-6-12)9-17-14(19)13(18)16-8-7-15/h3-6,10H,8-9H2,1-2H3,(H,16,18)(H,17,19). The van der Waals surface area contributed by atoms with Gasteiger partial charge in [-0.1, -0.05) is 38.1 Å². The zero-order valence-corrected chi connectivity index (χ0v) is 11.1. The van der Waals surface area contributed by atoms with Crippen LogP contribution in [0.5, 0.6) is 0 Å². The lowest BCUT2D eigenvalue weighted by Gasteiger charge is -2.08. The lowest BCUT2D eigenvalue weighted by molar-refractivity contribution is -0.139. The Balaban J connectivity index is 2.46. The molecule has 1 aromatic rings. The summed E-state index contributed by atoms with van der Waals surface area (Å²) in [5.74, 6) is -1.07. The van der Waals surface area contributed by atoms with Gasteiger partial charge < -0.3 is 10.6 Å². The van der Waals surface area contributed by atoms with Crippen LogP contribution in [0.25, 0.3) is 0 Å². The molecule has 1 rings (SSSR count). The Morgan fingerprint density at radius 1 is 1.16 bits per heavy atom. The minimum Gasteiger partial charge on any atom is -0.344 e. The Hall–Kier alpha value is -2.35. The molecule has 0 fully saturated rings. The smallest absolute Gasteiger partial charge is 0.310 e. The molecular formula is C14H17N3O2. The highest BCUT2D eigenvalue weighted by molar-refractivity contribution is 6.35. The second kappa shape index (κ2) is 7.17. The average Bonchev–Trinajstić information content (AvgIpc) is 2.42. The van der Waals surface area contributed by atoms with Crippen molar-refractivity contribution in [3.05, 3.63) is 35.4 Å². The zero-order valence-electron chi connectivity index (χ0n) is 11.1.